The largest absolute Gasteiger partial charge is 0.465 e. The molecule has 4 nitrogen and oxygen atoms in total. The number of nitrogens with zero attached hydrogens (tertiary/aromatic N) is 1. The molecule has 0 spiro atoms. The Balaban J connectivity index is 2.51. The lowest BCUT2D eigenvalue weighted by Gasteiger charge is -2.06. The van der Waals surface area contributed by atoms with E-state index < -0.39 is 17.6 Å². The van der Waals surface area contributed by atoms with E-state index in [0.717, 1.165) is 0 Å². The van der Waals surface area contributed by atoms with Gasteiger partial charge in [0, 0.05) is 10.7 Å². The van der Waals surface area contributed by atoms with Crippen molar-refractivity contribution in [2.75, 3.05) is 7.11 Å². The van der Waals surface area contributed by atoms with Crippen molar-refractivity contribution >= 4 is 27.7 Å². The Bertz CT molecular complexity index is 688. The zero-order valence-corrected chi connectivity index (χ0v) is 12.0. The van der Waals surface area contributed by atoms with Gasteiger partial charge in [0.25, 0.3) is 0 Å². The molecule has 2 rings (SSSR count). The molecule has 0 aliphatic carbocycles. The summed E-state index contributed by atoms with van der Waals surface area (Å²) in [4.78, 5) is 27.7. The summed E-state index contributed by atoms with van der Waals surface area (Å²) in [6.45, 7) is 0. The number of methoxy groups -OCH3 is 1. The Morgan fingerprint density at radius 3 is 2.65 bits per heavy atom. The minimum Gasteiger partial charge on any atom is -0.465 e. The number of aromatic nitrogens is 1. The van der Waals surface area contributed by atoms with Crippen molar-refractivity contribution < 1.29 is 18.7 Å². The number of carbonyl (C=O) groups excluding carboxylic acids is 2. The van der Waals surface area contributed by atoms with Crippen molar-refractivity contribution in [3.8, 4) is 0 Å². The summed E-state index contributed by atoms with van der Waals surface area (Å²) in [5.41, 5.74) is -0.292. The first-order valence-electron chi connectivity index (χ1n) is 5.57. The van der Waals surface area contributed by atoms with Crippen LogP contribution < -0.4 is 0 Å². The fourth-order valence-electron chi connectivity index (χ4n) is 1.66. The minimum atomic E-state index is -0.695. The van der Waals surface area contributed by atoms with Crippen LogP contribution in [0.3, 0.4) is 0 Å². The molecule has 0 aliphatic rings. The van der Waals surface area contributed by atoms with Crippen LogP contribution >= 0.6 is 15.9 Å². The number of hydrogen-bond donors (Lipinski definition) is 0. The van der Waals surface area contributed by atoms with Gasteiger partial charge in [0.15, 0.2) is 0 Å². The highest BCUT2D eigenvalue weighted by Crippen LogP contribution is 2.19. The fourth-order valence-corrected chi connectivity index (χ4v) is 2.00. The van der Waals surface area contributed by atoms with Crippen LogP contribution in [0.5, 0.6) is 0 Å². The van der Waals surface area contributed by atoms with E-state index in [2.05, 4.69) is 25.7 Å². The first kappa shape index (κ1) is 14.3. The fraction of sp³-hybridized carbons (Fsp3) is 0.0714. The molecule has 0 saturated carbocycles. The van der Waals surface area contributed by atoms with E-state index >= 15 is 0 Å². The van der Waals surface area contributed by atoms with Crippen LogP contribution in [0, 0.1) is 5.82 Å². The Labute approximate surface area is 122 Å². The van der Waals surface area contributed by atoms with Crippen molar-refractivity contribution in [3.05, 3.63) is 63.6 Å². The Morgan fingerprint density at radius 1 is 1.25 bits per heavy atom. The van der Waals surface area contributed by atoms with Crippen molar-refractivity contribution in [2.24, 2.45) is 0 Å². The van der Waals surface area contributed by atoms with Gasteiger partial charge >= 0.3 is 5.97 Å². The molecule has 0 N–H and O–H groups in total. The lowest BCUT2D eigenvalue weighted by atomic mass is 10.0. The van der Waals surface area contributed by atoms with Crippen LogP contribution in [0.4, 0.5) is 4.39 Å². The number of ketones is 1. The Hall–Kier alpha value is -2.08. The van der Waals surface area contributed by atoms with E-state index in [1.54, 1.807) is 0 Å². The van der Waals surface area contributed by atoms with E-state index in [-0.39, 0.29) is 16.8 Å². The van der Waals surface area contributed by atoms with Crippen molar-refractivity contribution in [1.82, 2.24) is 4.98 Å². The van der Waals surface area contributed by atoms with Gasteiger partial charge in [0.1, 0.15) is 11.5 Å². The average molecular weight is 338 g/mol. The number of pyridine rings is 1. The zero-order valence-electron chi connectivity index (χ0n) is 10.4. The first-order valence-corrected chi connectivity index (χ1v) is 6.37. The van der Waals surface area contributed by atoms with E-state index in [9.17, 15) is 14.0 Å². The number of esters is 1. The number of ether oxygens (including phenoxy) is 1. The molecule has 1 heterocycles. The highest BCUT2D eigenvalue weighted by Gasteiger charge is 2.22. The van der Waals surface area contributed by atoms with Gasteiger partial charge in [-0.25, -0.2) is 9.18 Å². The summed E-state index contributed by atoms with van der Waals surface area (Å²) >= 11 is 3.11. The maximum atomic E-state index is 13.8. The molecular weight excluding hydrogens is 329 g/mol. The number of rotatable bonds is 3. The van der Waals surface area contributed by atoms with Gasteiger partial charge in [-0.15, -0.1) is 0 Å². The second kappa shape index (κ2) is 5.92. The van der Waals surface area contributed by atoms with E-state index in [0.29, 0.717) is 4.47 Å². The van der Waals surface area contributed by atoms with Gasteiger partial charge in [-0.1, -0.05) is 15.9 Å². The topological polar surface area (TPSA) is 56.3 Å². The summed E-state index contributed by atoms with van der Waals surface area (Å²) in [6.07, 6.45) is 1.36. The number of benzene rings is 1. The van der Waals surface area contributed by atoms with E-state index in [1.165, 1.54) is 43.6 Å². The van der Waals surface area contributed by atoms with Crippen LogP contribution in [0.25, 0.3) is 0 Å². The number of hydrogen-bond acceptors (Lipinski definition) is 4. The molecule has 0 atom stereocenters. The summed E-state index contributed by atoms with van der Waals surface area (Å²) < 4.78 is 18.9. The predicted octanol–water partition coefficient (Wildman–Crippen LogP) is 3.00. The van der Waals surface area contributed by atoms with Crippen LogP contribution in [-0.2, 0) is 4.74 Å². The molecule has 1 aromatic heterocycles. The monoisotopic (exact) mass is 337 g/mol. The molecule has 102 valence electrons. The number of carbonyl (C=O) groups is 2. The van der Waals surface area contributed by atoms with Crippen molar-refractivity contribution in [1.29, 1.82) is 0 Å². The second-order valence-electron chi connectivity index (χ2n) is 3.84. The van der Waals surface area contributed by atoms with Gasteiger partial charge in [-0.05, 0) is 30.3 Å². The van der Waals surface area contributed by atoms with Gasteiger partial charge < -0.3 is 4.74 Å². The molecule has 20 heavy (non-hydrogen) atoms. The summed E-state index contributed by atoms with van der Waals surface area (Å²) in [5.74, 6) is -2.05. The zero-order chi connectivity index (χ0) is 14.7. The average Bonchev–Trinajstić information content (AvgIpc) is 2.46. The molecule has 0 fully saturated rings. The van der Waals surface area contributed by atoms with Gasteiger partial charge in [-0.3, -0.25) is 9.78 Å². The smallest absolute Gasteiger partial charge is 0.340 e. The molecule has 1 aromatic carbocycles. The molecule has 0 amide bonds. The molecule has 6 heteroatoms. The maximum absolute atomic E-state index is 13.8. The van der Waals surface area contributed by atoms with Crippen LogP contribution in [0.15, 0.2) is 41.0 Å². The highest BCUT2D eigenvalue weighted by molar-refractivity contribution is 9.10. The third-order valence-electron chi connectivity index (χ3n) is 2.60. The molecular formula is C14H9BrFNO3. The summed E-state index contributed by atoms with van der Waals surface area (Å²) in [7, 11) is 1.20. The summed E-state index contributed by atoms with van der Waals surface area (Å²) in [5, 5.41) is 0. The predicted molar refractivity (Wildman–Crippen MR) is 73.1 cm³/mol. The standard InChI is InChI=1S/C14H9BrFNO3/c1-20-14(19)10-3-2-6-17-12(10)13(18)9-5-4-8(15)7-11(9)16/h2-7H,1H3. The highest BCUT2D eigenvalue weighted by atomic mass is 79.9. The minimum absolute atomic E-state index is 0.00215. The molecule has 0 radical (unpaired) electrons. The van der Waals surface area contributed by atoms with Crippen LogP contribution in [0.2, 0.25) is 0 Å². The lowest BCUT2D eigenvalue weighted by Crippen LogP contribution is -2.14. The third kappa shape index (κ3) is 2.75. The molecule has 0 bridgehead atoms. The quantitative estimate of drug-likeness (QED) is 0.638. The molecule has 0 aliphatic heterocycles. The first-order chi connectivity index (χ1) is 9.54. The van der Waals surface area contributed by atoms with Gasteiger partial charge in [0.2, 0.25) is 5.78 Å². The van der Waals surface area contributed by atoms with E-state index in [4.69, 9.17) is 0 Å². The summed E-state index contributed by atoms with van der Waals surface area (Å²) in [6, 6.07) is 6.95. The maximum Gasteiger partial charge on any atom is 0.340 e. The molecule has 0 unspecified atom stereocenters. The number of halogens is 2. The van der Waals surface area contributed by atoms with Crippen LogP contribution in [-0.4, -0.2) is 23.8 Å². The molecule has 2 aromatic rings. The van der Waals surface area contributed by atoms with Crippen molar-refractivity contribution in [2.45, 2.75) is 0 Å². The van der Waals surface area contributed by atoms with Gasteiger partial charge in [0.05, 0.1) is 18.2 Å². The second-order valence-corrected chi connectivity index (χ2v) is 4.76. The van der Waals surface area contributed by atoms with Gasteiger partial charge in [-0.2, -0.15) is 0 Å². The van der Waals surface area contributed by atoms with E-state index in [1.807, 2.05) is 0 Å². The molecule has 0 saturated heterocycles. The Morgan fingerprint density at radius 2 is 2.00 bits per heavy atom. The normalized spacial score (nSPS) is 10.2. The van der Waals surface area contributed by atoms with Crippen LogP contribution in [0.1, 0.15) is 26.4 Å². The van der Waals surface area contributed by atoms with Crippen molar-refractivity contribution in [3.63, 3.8) is 0 Å². The Kier molecular flexibility index (Phi) is 4.24. The third-order valence-corrected chi connectivity index (χ3v) is 3.10. The lowest BCUT2D eigenvalue weighted by molar-refractivity contribution is 0.0596. The SMILES string of the molecule is COC(=O)c1cccnc1C(=O)c1ccc(Br)cc1F.